The zero-order chi connectivity index (χ0) is 11.0. The summed E-state index contributed by atoms with van der Waals surface area (Å²) >= 11 is 0. The monoisotopic (exact) mass is 213 g/mol. The molecule has 80 valence electrons. The molecule has 1 saturated carbocycles. The molecule has 0 aliphatic heterocycles. The molecule has 0 atom stereocenters. The van der Waals surface area contributed by atoms with Crippen LogP contribution >= 0.6 is 0 Å². The molecule has 0 saturated heterocycles. The lowest BCUT2D eigenvalue weighted by Gasteiger charge is -2.07. The van der Waals surface area contributed by atoms with E-state index in [-0.39, 0.29) is 11.7 Å². The van der Waals surface area contributed by atoms with E-state index in [1.807, 2.05) is 0 Å². The highest BCUT2D eigenvalue weighted by molar-refractivity contribution is 5.88. The van der Waals surface area contributed by atoms with Gasteiger partial charge in [-0.25, -0.2) is 13.6 Å². The molecule has 0 radical (unpaired) electrons. The molecule has 1 fully saturated rings. The minimum Gasteiger partial charge on any atom is -0.478 e. The van der Waals surface area contributed by atoms with E-state index in [4.69, 9.17) is 5.11 Å². The Bertz CT molecular complexity index is 416. The number of hydrogen-bond acceptors (Lipinski definition) is 2. The van der Waals surface area contributed by atoms with Gasteiger partial charge in [-0.3, -0.25) is 0 Å². The van der Waals surface area contributed by atoms with Crippen molar-refractivity contribution in [3.05, 3.63) is 29.3 Å². The second-order valence-electron chi connectivity index (χ2n) is 3.51. The summed E-state index contributed by atoms with van der Waals surface area (Å²) in [5.41, 5.74) is -0.617. The standard InChI is InChI=1S/C10H9F2NO2/c11-8-6(10(14)15)3-4-7(9(8)12)13-5-1-2-5/h3-5,13H,1-2H2,(H,14,15). The Hall–Kier alpha value is -1.65. The minimum absolute atomic E-state index is 0.0278. The largest absolute Gasteiger partial charge is 0.478 e. The van der Waals surface area contributed by atoms with Crippen molar-refractivity contribution in [3.8, 4) is 0 Å². The van der Waals surface area contributed by atoms with Crippen LogP contribution in [0.25, 0.3) is 0 Å². The number of benzene rings is 1. The number of rotatable bonds is 3. The van der Waals surface area contributed by atoms with Gasteiger partial charge in [-0.15, -0.1) is 0 Å². The van der Waals surface area contributed by atoms with Crippen LogP contribution in [0.15, 0.2) is 12.1 Å². The van der Waals surface area contributed by atoms with Gasteiger partial charge in [-0.2, -0.15) is 0 Å². The van der Waals surface area contributed by atoms with Gasteiger partial charge in [-0.1, -0.05) is 0 Å². The summed E-state index contributed by atoms with van der Waals surface area (Å²) in [6, 6.07) is 2.50. The van der Waals surface area contributed by atoms with Gasteiger partial charge in [-0.05, 0) is 25.0 Å². The van der Waals surface area contributed by atoms with Crippen molar-refractivity contribution in [1.29, 1.82) is 0 Å². The van der Waals surface area contributed by atoms with Crippen molar-refractivity contribution < 1.29 is 18.7 Å². The third-order valence-corrected chi connectivity index (χ3v) is 2.25. The van der Waals surface area contributed by atoms with Crippen LogP contribution in [0.5, 0.6) is 0 Å². The molecule has 0 heterocycles. The molecule has 0 bridgehead atoms. The van der Waals surface area contributed by atoms with Gasteiger partial charge in [0.25, 0.3) is 0 Å². The van der Waals surface area contributed by atoms with Crippen molar-refractivity contribution in [2.75, 3.05) is 5.32 Å². The van der Waals surface area contributed by atoms with Crippen molar-refractivity contribution in [2.24, 2.45) is 0 Å². The molecule has 0 amide bonds. The molecule has 1 aromatic carbocycles. The second-order valence-corrected chi connectivity index (χ2v) is 3.51. The highest BCUT2D eigenvalue weighted by Gasteiger charge is 2.24. The molecule has 1 aliphatic carbocycles. The summed E-state index contributed by atoms with van der Waals surface area (Å²) in [5.74, 6) is -3.90. The van der Waals surface area contributed by atoms with E-state index in [0.717, 1.165) is 18.9 Å². The number of carboxylic acid groups (broad SMARTS) is 1. The molecule has 2 rings (SSSR count). The third-order valence-electron chi connectivity index (χ3n) is 2.25. The van der Waals surface area contributed by atoms with E-state index in [1.165, 1.54) is 6.07 Å². The van der Waals surface area contributed by atoms with Crippen molar-refractivity contribution in [1.82, 2.24) is 0 Å². The first-order valence-corrected chi connectivity index (χ1v) is 4.57. The molecular formula is C10H9F2NO2. The topological polar surface area (TPSA) is 49.3 Å². The highest BCUT2D eigenvalue weighted by atomic mass is 19.2. The maximum Gasteiger partial charge on any atom is 0.338 e. The van der Waals surface area contributed by atoms with Crippen LogP contribution in [0, 0.1) is 11.6 Å². The maximum absolute atomic E-state index is 13.3. The number of carbonyl (C=O) groups is 1. The maximum atomic E-state index is 13.3. The van der Waals surface area contributed by atoms with Crippen LogP contribution in [0.1, 0.15) is 23.2 Å². The summed E-state index contributed by atoms with van der Waals surface area (Å²) in [7, 11) is 0. The van der Waals surface area contributed by atoms with Crippen molar-refractivity contribution in [3.63, 3.8) is 0 Å². The first-order valence-electron chi connectivity index (χ1n) is 4.57. The van der Waals surface area contributed by atoms with E-state index < -0.39 is 23.2 Å². The van der Waals surface area contributed by atoms with Crippen LogP contribution in [-0.2, 0) is 0 Å². The van der Waals surface area contributed by atoms with Gasteiger partial charge in [0.05, 0.1) is 11.3 Å². The zero-order valence-corrected chi connectivity index (χ0v) is 7.76. The lowest BCUT2D eigenvalue weighted by molar-refractivity contribution is 0.0690. The van der Waals surface area contributed by atoms with Crippen LogP contribution in [0.4, 0.5) is 14.5 Å². The molecule has 3 nitrogen and oxygen atoms in total. The fourth-order valence-electron chi connectivity index (χ4n) is 1.27. The van der Waals surface area contributed by atoms with Gasteiger partial charge in [0, 0.05) is 6.04 Å². The summed E-state index contributed by atoms with van der Waals surface area (Å²) in [6.45, 7) is 0. The Morgan fingerprint density at radius 3 is 2.53 bits per heavy atom. The molecule has 0 aromatic heterocycles. The quantitative estimate of drug-likeness (QED) is 0.809. The van der Waals surface area contributed by atoms with Crippen LogP contribution in [0.2, 0.25) is 0 Å². The molecule has 0 unspecified atom stereocenters. The van der Waals surface area contributed by atoms with E-state index in [1.54, 1.807) is 0 Å². The normalized spacial score (nSPS) is 15.1. The van der Waals surface area contributed by atoms with Gasteiger partial charge in [0.1, 0.15) is 0 Å². The molecule has 2 N–H and O–H groups in total. The molecular weight excluding hydrogens is 204 g/mol. The zero-order valence-electron chi connectivity index (χ0n) is 7.76. The van der Waals surface area contributed by atoms with Crippen molar-refractivity contribution in [2.45, 2.75) is 18.9 Å². The van der Waals surface area contributed by atoms with Crippen LogP contribution in [-0.4, -0.2) is 17.1 Å². The fraction of sp³-hybridized carbons (Fsp3) is 0.300. The summed E-state index contributed by atoms with van der Waals surface area (Å²) in [4.78, 5) is 10.5. The summed E-state index contributed by atoms with van der Waals surface area (Å²) in [5, 5.41) is 11.3. The summed E-state index contributed by atoms with van der Waals surface area (Å²) < 4.78 is 26.5. The van der Waals surface area contributed by atoms with Gasteiger partial charge in [0.15, 0.2) is 11.6 Å². The van der Waals surface area contributed by atoms with Crippen LogP contribution in [0.3, 0.4) is 0 Å². The smallest absolute Gasteiger partial charge is 0.338 e. The molecule has 0 spiro atoms. The van der Waals surface area contributed by atoms with Crippen molar-refractivity contribution >= 4 is 11.7 Å². The van der Waals surface area contributed by atoms with E-state index in [9.17, 15) is 13.6 Å². The second kappa shape index (κ2) is 3.49. The minimum atomic E-state index is -1.47. The Morgan fingerprint density at radius 1 is 1.33 bits per heavy atom. The fourth-order valence-corrected chi connectivity index (χ4v) is 1.27. The summed E-state index contributed by atoms with van der Waals surface area (Å²) in [6.07, 6.45) is 1.86. The number of aromatic carboxylic acids is 1. The van der Waals surface area contributed by atoms with E-state index in [0.29, 0.717) is 0 Å². The van der Waals surface area contributed by atoms with Gasteiger partial charge < -0.3 is 10.4 Å². The Labute approximate surface area is 84.7 Å². The Balaban J connectivity index is 2.34. The van der Waals surface area contributed by atoms with E-state index in [2.05, 4.69) is 5.32 Å². The molecule has 1 aliphatic rings. The predicted octanol–water partition coefficient (Wildman–Crippen LogP) is 2.24. The first kappa shape index (κ1) is 9.89. The Morgan fingerprint density at radius 2 is 2.00 bits per heavy atom. The lowest BCUT2D eigenvalue weighted by atomic mass is 10.2. The average molecular weight is 213 g/mol. The molecule has 1 aromatic rings. The molecule has 5 heteroatoms. The number of nitrogens with one attached hydrogen (secondary N) is 1. The van der Waals surface area contributed by atoms with Crippen LogP contribution < -0.4 is 5.32 Å². The van der Waals surface area contributed by atoms with E-state index >= 15 is 0 Å². The number of anilines is 1. The third kappa shape index (κ3) is 1.91. The SMILES string of the molecule is O=C(O)c1ccc(NC2CC2)c(F)c1F. The molecule has 15 heavy (non-hydrogen) atoms. The van der Waals surface area contributed by atoms with Gasteiger partial charge >= 0.3 is 5.97 Å². The number of carboxylic acids is 1. The highest BCUT2D eigenvalue weighted by Crippen LogP contribution is 2.28. The number of halogens is 2. The lowest BCUT2D eigenvalue weighted by Crippen LogP contribution is -2.08. The average Bonchev–Trinajstić information content (AvgIpc) is 2.96. The Kier molecular flexibility index (Phi) is 2.30. The predicted molar refractivity (Wildman–Crippen MR) is 50.0 cm³/mol. The van der Waals surface area contributed by atoms with Gasteiger partial charge in [0.2, 0.25) is 0 Å². The first-order chi connectivity index (χ1) is 7.09. The number of hydrogen-bond donors (Lipinski definition) is 2.